The first-order chi connectivity index (χ1) is 13.6. The zero-order chi connectivity index (χ0) is 20.8. The lowest BCUT2D eigenvalue weighted by molar-refractivity contribution is -0.130. The number of ether oxygens (including phenoxy) is 1. The molecule has 0 radical (unpaired) electrons. The number of thioether (sulfide) groups is 1. The van der Waals surface area contributed by atoms with Crippen LogP contribution in [0.2, 0.25) is 0 Å². The lowest BCUT2D eigenvalue weighted by atomic mass is 10.1. The number of fused-ring (bicyclic) bond motifs is 1. The third kappa shape index (κ3) is 9.13. The van der Waals surface area contributed by atoms with Crippen molar-refractivity contribution in [1.29, 1.82) is 0 Å². The highest BCUT2D eigenvalue weighted by molar-refractivity contribution is 7.99. The van der Waals surface area contributed by atoms with E-state index in [4.69, 9.17) is 4.74 Å². The van der Waals surface area contributed by atoms with E-state index in [1.54, 1.807) is 0 Å². The minimum Gasteiger partial charge on any atom is -0.491 e. The Morgan fingerprint density at radius 3 is 2.25 bits per heavy atom. The SMILES string of the molecule is CC.CCCCC1CSc2cc(OC(C)C)ccc2CN1O.c1ccccc1. The number of hydrogen-bond donors (Lipinski definition) is 1. The molecule has 1 N–H and O–H groups in total. The molecule has 28 heavy (non-hydrogen) atoms. The molecule has 0 bridgehead atoms. The maximum Gasteiger partial charge on any atom is 0.120 e. The van der Waals surface area contributed by atoms with Gasteiger partial charge in [0.2, 0.25) is 0 Å². The Morgan fingerprint density at radius 1 is 1.11 bits per heavy atom. The van der Waals surface area contributed by atoms with Crippen LogP contribution in [0.15, 0.2) is 59.5 Å². The van der Waals surface area contributed by atoms with Crippen molar-refractivity contribution < 1.29 is 9.94 Å². The van der Waals surface area contributed by atoms with Gasteiger partial charge < -0.3 is 9.94 Å². The Labute approximate surface area is 176 Å². The monoisotopic (exact) mass is 403 g/mol. The third-order valence-corrected chi connectivity index (χ3v) is 5.40. The molecule has 0 spiro atoms. The van der Waals surface area contributed by atoms with Crippen molar-refractivity contribution in [3.63, 3.8) is 0 Å². The molecule has 0 saturated carbocycles. The smallest absolute Gasteiger partial charge is 0.120 e. The van der Waals surface area contributed by atoms with Gasteiger partial charge in [0.05, 0.1) is 12.6 Å². The zero-order valence-corrected chi connectivity index (χ0v) is 18.9. The highest BCUT2D eigenvalue weighted by Crippen LogP contribution is 2.33. The van der Waals surface area contributed by atoms with Crippen LogP contribution in [0.5, 0.6) is 5.75 Å². The first kappa shape index (κ1) is 24.5. The van der Waals surface area contributed by atoms with Gasteiger partial charge in [-0.25, -0.2) is 0 Å². The van der Waals surface area contributed by atoms with E-state index in [0.717, 1.165) is 17.9 Å². The van der Waals surface area contributed by atoms with Crippen LogP contribution >= 0.6 is 11.8 Å². The van der Waals surface area contributed by atoms with Gasteiger partial charge in [0.1, 0.15) is 5.75 Å². The quantitative estimate of drug-likeness (QED) is 0.580. The fraction of sp³-hybridized carbons (Fsp3) is 0.500. The maximum absolute atomic E-state index is 10.2. The lowest BCUT2D eigenvalue weighted by Crippen LogP contribution is -2.32. The van der Waals surface area contributed by atoms with E-state index < -0.39 is 0 Å². The van der Waals surface area contributed by atoms with Crippen LogP contribution in [0.1, 0.15) is 59.4 Å². The van der Waals surface area contributed by atoms with Crippen LogP contribution < -0.4 is 4.74 Å². The summed E-state index contributed by atoms with van der Waals surface area (Å²) in [5.74, 6) is 1.86. The molecule has 0 fully saturated rings. The highest BCUT2D eigenvalue weighted by Gasteiger charge is 2.22. The average molecular weight is 404 g/mol. The fourth-order valence-electron chi connectivity index (χ4n) is 2.78. The Balaban J connectivity index is 0.000000411. The molecule has 2 aromatic carbocycles. The summed E-state index contributed by atoms with van der Waals surface area (Å²) in [5, 5.41) is 11.7. The zero-order valence-electron chi connectivity index (χ0n) is 18.1. The van der Waals surface area contributed by atoms with Gasteiger partial charge in [0, 0.05) is 16.7 Å². The van der Waals surface area contributed by atoms with Crippen LogP contribution in [-0.2, 0) is 6.54 Å². The first-order valence-corrected chi connectivity index (χ1v) is 11.5. The van der Waals surface area contributed by atoms with Gasteiger partial charge in [0.15, 0.2) is 0 Å². The summed E-state index contributed by atoms with van der Waals surface area (Å²) in [5.41, 5.74) is 1.19. The maximum atomic E-state index is 10.2. The number of hydrogen-bond acceptors (Lipinski definition) is 4. The average Bonchev–Trinajstić information content (AvgIpc) is 2.87. The number of unbranched alkanes of at least 4 members (excludes halogenated alkanes) is 1. The summed E-state index contributed by atoms with van der Waals surface area (Å²) in [6.45, 7) is 10.9. The molecule has 0 aromatic heterocycles. The van der Waals surface area contributed by atoms with Crippen molar-refractivity contribution in [3.05, 3.63) is 60.2 Å². The van der Waals surface area contributed by atoms with Gasteiger partial charge in [-0.3, -0.25) is 0 Å². The Kier molecular flexibility index (Phi) is 12.7. The van der Waals surface area contributed by atoms with Gasteiger partial charge in [-0.1, -0.05) is 76.1 Å². The van der Waals surface area contributed by atoms with E-state index in [1.807, 2.05) is 81.9 Å². The molecule has 1 aliphatic rings. The van der Waals surface area contributed by atoms with E-state index >= 15 is 0 Å². The molecule has 4 heteroatoms. The Morgan fingerprint density at radius 2 is 1.71 bits per heavy atom. The summed E-state index contributed by atoms with van der Waals surface area (Å²) < 4.78 is 5.75. The Hall–Kier alpha value is -1.49. The van der Waals surface area contributed by atoms with Crippen molar-refractivity contribution in [3.8, 4) is 5.75 Å². The summed E-state index contributed by atoms with van der Waals surface area (Å²) in [7, 11) is 0. The second-order valence-corrected chi connectivity index (χ2v) is 7.86. The third-order valence-electron chi connectivity index (χ3n) is 4.15. The Bertz CT molecular complexity index is 607. The first-order valence-electron chi connectivity index (χ1n) is 10.5. The molecular weight excluding hydrogens is 366 g/mol. The summed E-state index contributed by atoms with van der Waals surface area (Å²) in [4.78, 5) is 1.24. The predicted octanol–water partition coefficient (Wildman–Crippen LogP) is 7.04. The molecule has 3 nitrogen and oxygen atoms in total. The van der Waals surface area contributed by atoms with E-state index in [1.165, 1.54) is 28.4 Å². The molecule has 0 aliphatic carbocycles. The molecule has 0 amide bonds. The number of nitrogens with zero attached hydrogens (tertiary/aromatic N) is 1. The standard InChI is InChI=1S/C16H25NO2S.C6H6.C2H6/c1-4-5-6-14-11-20-16-9-15(19-12(2)3)8-7-13(16)10-17(14)18;1-2-4-6-5-3-1;1-2/h7-9,12,14,18H,4-6,10-11H2,1-3H3;1-6H;1-2H3. The van der Waals surface area contributed by atoms with E-state index in [0.29, 0.717) is 6.54 Å². The number of hydroxylamine groups is 2. The number of benzene rings is 2. The van der Waals surface area contributed by atoms with Crippen molar-refractivity contribution >= 4 is 11.8 Å². The summed E-state index contributed by atoms with van der Waals surface area (Å²) >= 11 is 1.83. The van der Waals surface area contributed by atoms with Crippen LogP contribution in [-0.4, -0.2) is 28.2 Å². The molecule has 1 atom stereocenters. The molecule has 156 valence electrons. The second kappa shape index (κ2) is 14.5. The minimum absolute atomic E-state index is 0.190. The number of rotatable bonds is 5. The summed E-state index contributed by atoms with van der Waals surface area (Å²) in [6.07, 6.45) is 3.59. The van der Waals surface area contributed by atoms with Crippen molar-refractivity contribution in [2.75, 3.05) is 5.75 Å². The normalized spacial score (nSPS) is 16.0. The topological polar surface area (TPSA) is 32.7 Å². The van der Waals surface area contributed by atoms with Gasteiger partial charge in [-0.05, 0) is 38.0 Å². The fourth-order valence-corrected chi connectivity index (χ4v) is 4.01. The molecular formula is C24H37NO2S. The molecule has 3 rings (SSSR count). The second-order valence-electron chi connectivity index (χ2n) is 6.80. The minimum atomic E-state index is 0.190. The van der Waals surface area contributed by atoms with Crippen LogP contribution in [0.3, 0.4) is 0 Å². The van der Waals surface area contributed by atoms with E-state index in [-0.39, 0.29) is 12.1 Å². The lowest BCUT2D eigenvalue weighted by Gasteiger charge is -2.22. The molecule has 1 heterocycles. The highest BCUT2D eigenvalue weighted by atomic mass is 32.2. The van der Waals surface area contributed by atoms with Crippen LogP contribution in [0.4, 0.5) is 0 Å². The van der Waals surface area contributed by atoms with E-state index in [9.17, 15) is 5.21 Å². The van der Waals surface area contributed by atoms with Gasteiger partial charge >= 0.3 is 0 Å². The van der Waals surface area contributed by atoms with Crippen LogP contribution in [0.25, 0.3) is 0 Å². The molecule has 1 unspecified atom stereocenters. The van der Waals surface area contributed by atoms with Crippen LogP contribution in [0, 0.1) is 0 Å². The largest absolute Gasteiger partial charge is 0.491 e. The van der Waals surface area contributed by atoms with Crippen molar-refractivity contribution in [2.45, 2.75) is 77.5 Å². The predicted molar refractivity (Wildman–Crippen MR) is 121 cm³/mol. The van der Waals surface area contributed by atoms with Gasteiger partial charge in [-0.15, -0.1) is 11.8 Å². The van der Waals surface area contributed by atoms with Gasteiger partial charge in [-0.2, -0.15) is 5.06 Å². The van der Waals surface area contributed by atoms with Crippen molar-refractivity contribution in [1.82, 2.24) is 5.06 Å². The molecule has 2 aromatic rings. The van der Waals surface area contributed by atoms with Gasteiger partial charge in [0.25, 0.3) is 0 Å². The van der Waals surface area contributed by atoms with E-state index in [2.05, 4.69) is 19.1 Å². The van der Waals surface area contributed by atoms with Crippen molar-refractivity contribution in [2.24, 2.45) is 0 Å². The molecule has 1 aliphatic heterocycles. The summed E-state index contributed by atoms with van der Waals surface area (Å²) in [6, 6.07) is 18.4. The molecule has 0 saturated heterocycles.